The second-order valence-corrected chi connectivity index (χ2v) is 6.90. The molecule has 1 aromatic carbocycles. The first-order valence-electron chi connectivity index (χ1n) is 7.29. The van der Waals surface area contributed by atoms with Crippen LogP contribution in [0, 0.1) is 11.3 Å². The highest BCUT2D eigenvalue weighted by molar-refractivity contribution is 5.19. The van der Waals surface area contributed by atoms with E-state index in [2.05, 4.69) is 63.3 Å². The zero-order valence-corrected chi connectivity index (χ0v) is 12.2. The van der Waals surface area contributed by atoms with Gasteiger partial charge in [-0.25, -0.2) is 0 Å². The summed E-state index contributed by atoms with van der Waals surface area (Å²) in [6.45, 7) is 9.40. The van der Waals surface area contributed by atoms with Crippen LogP contribution in [0.15, 0.2) is 30.3 Å². The zero-order chi connectivity index (χ0) is 13.2. The van der Waals surface area contributed by atoms with Gasteiger partial charge in [0.2, 0.25) is 0 Å². The van der Waals surface area contributed by atoms with Crippen LogP contribution in [0.3, 0.4) is 0 Å². The summed E-state index contributed by atoms with van der Waals surface area (Å²) in [6.07, 6.45) is 3.98. The van der Waals surface area contributed by atoms with Gasteiger partial charge in [-0.1, -0.05) is 58.0 Å². The Morgan fingerprint density at radius 2 is 1.83 bits per heavy atom. The molecule has 0 heterocycles. The van der Waals surface area contributed by atoms with E-state index in [0.29, 0.717) is 23.4 Å². The maximum absolute atomic E-state index is 3.89. The van der Waals surface area contributed by atoms with Gasteiger partial charge in [-0.3, -0.25) is 0 Å². The summed E-state index contributed by atoms with van der Waals surface area (Å²) in [7, 11) is 0. The van der Waals surface area contributed by atoms with Gasteiger partial charge in [0.25, 0.3) is 0 Å². The van der Waals surface area contributed by atoms with E-state index in [0.717, 1.165) is 0 Å². The predicted octanol–water partition coefficient (Wildman–Crippen LogP) is 4.55. The van der Waals surface area contributed by atoms with Crippen molar-refractivity contribution in [3.8, 4) is 0 Å². The van der Waals surface area contributed by atoms with Crippen molar-refractivity contribution in [1.29, 1.82) is 0 Å². The molecular weight excluding hydrogens is 218 g/mol. The first-order valence-corrected chi connectivity index (χ1v) is 7.29. The fourth-order valence-corrected chi connectivity index (χ4v) is 3.17. The number of hydrogen-bond acceptors (Lipinski definition) is 1. The fourth-order valence-electron chi connectivity index (χ4n) is 3.17. The molecule has 1 aliphatic carbocycles. The van der Waals surface area contributed by atoms with Crippen molar-refractivity contribution in [3.05, 3.63) is 35.9 Å². The molecule has 0 radical (unpaired) electrons. The van der Waals surface area contributed by atoms with E-state index in [4.69, 9.17) is 0 Å². The molecule has 0 amide bonds. The second-order valence-electron chi connectivity index (χ2n) is 6.90. The molecular formula is C17H27N. The van der Waals surface area contributed by atoms with Crippen LogP contribution in [-0.4, -0.2) is 6.04 Å². The lowest BCUT2D eigenvalue weighted by Crippen LogP contribution is -2.34. The Morgan fingerprint density at radius 1 is 1.17 bits per heavy atom. The van der Waals surface area contributed by atoms with Gasteiger partial charge in [-0.2, -0.15) is 0 Å². The molecule has 1 aromatic rings. The van der Waals surface area contributed by atoms with E-state index >= 15 is 0 Å². The highest BCUT2D eigenvalue weighted by Gasteiger charge is 2.32. The normalized spacial score (nSPS) is 24.4. The number of nitrogens with one attached hydrogen (secondary N) is 1. The Hall–Kier alpha value is -0.820. The molecule has 0 bridgehead atoms. The average Bonchev–Trinajstić information content (AvgIpc) is 2.66. The molecule has 1 saturated carbocycles. The molecule has 100 valence electrons. The number of hydrogen-bond donors (Lipinski definition) is 1. The largest absolute Gasteiger partial charge is 0.307 e. The SMILES string of the molecule is CC(C)C(NC1CCC(C)(C)C1)c1ccccc1. The molecule has 1 nitrogen and oxygen atoms in total. The fraction of sp³-hybridized carbons (Fsp3) is 0.647. The summed E-state index contributed by atoms with van der Waals surface area (Å²) in [4.78, 5) is 0. The van der Waals surface area contributed by atoms with Crippen LogP contribution in [0.2, 0.25) is 0 Å². The maximum Gasteiger partial charge on any atom is 0.0345 e. The van der Waals surface area contributed by atoms with Gasteiger partial charge in [0.1, 0.15) is 0 Å². The molecule has 1 aliphatic rings. The van der Waals surface area contributed by atoms with Gasteiger partial charge >= 0.3 is 0 Å². The third-order valence-corrected chi connectivity index (χ3v) is 4.21. The lowest BCUT2D eigenvalue weighted by atomic mass is 9.91. The van der Waals surface area contributed by atoms with Gasteiger partial charge in [0.15, 0.2) is 0 Å². The molecule has 2 rings (SSSR count). The predicted molar refractivity (Wildman–Crippen MR) is 78.6 cm³/mol. The minimum absolute atomic E-state index is 0.491. The second kappa shape index (κ2) is 5.44. The summed E-state index contributed by atoms with van der Waals surface area (Å²) < 4.78 is 0. The molecule has 0 saturated heterocycles. The first kappa shape index (κ1) is 13.6. The third kappa shape index (κ3) is 3.35. The van der Waals surface area contributed by atoms with Crippen LogP contribution in [0.25, 0.3) is 0 Å². The summed E-state index contributed by atoms with van der Waals surface area (Å²) in [5.74, 6) is 0.635. The summed E-state index contributed by atoms with van der Waals surface area (Å²) in [5, 5.41) is 3.89. The minimum Gasteiger partial charge on any atom is -0.307 e. The average molecular weight is 245 g/mol. The van der Waals surface area contributed by atoms with Crippen molar-refractivity contribution in [1.82, 2.24) is 5.32 Å². The van der Waals surface area contributed by atoms with Crippen molar-refractivity contribution in [2.24, 2.45) is 11.3 Å². The van der Waals surface area contributed by atoms with Crippen LogP contribution in [-0.2, 0) is 0 Å². The van der Waals surface area contributed by atoms with Gasteiger partial charge in [0, 0.05) is 12.1 Å². The van der Waals surface area contributed by atoms with Gasteiger partial charge < -0.3 is 5.32 Å². The summed E-state index contributed by atoms with van der Waals surface area (Å²) in [6, 6.07) is 12.1. The molecule has 1 heteroatoms. The van der Waals surface area contributed by atoms with E-state index in [1.807, 2.05) is 0 Å². The molecule has 0 aromatic heterocycles. The quantitative estimate of drug-likeness (QED) is 0.820. The van der Waals surface area contributed by atoms with Crippen molar-refractivity contribution in [2.45, 2.75) is 59.0 Å². The van der Waals surface area contributed by atoms with Crippen LogP contribution in [0.1, 0.15) is 58.6 Å². The van der Waals surface area contributed by atoms with E-state index in [9.17, 15) is 0 Å². The van der Waals surface area contributed by atoms with E-state index in [1.165, 1.54) is 24.8 Å². The molecule has 0 aliphatic heterocycles. The Kier molecular flexibility index (Phi) is 4.11. The lowest BCUT2D eigenvalue weighted by molar-refractivity contribution is 0.326. The molecule has 2 unspecified atom stereocenters. The minimum atomic E-state index is 0.491. The van der Waals surface area contributed by atoms with E-state index in [1.54, 1.807) is 0 Å². The Balaban J connectivity index is 2.04. The van der Waals surface area contributed by atoms with Crippen molar-refractivity contribution < 1.29 is 0 Å². The topological polar surface area (TPSA) is 12.0 Å². The van der Waals surface area contributed by atoms with Crippen LogP contribution in [0.5, 0.6) is 0 Å². The summed E-state index contributed by atoms with van der Waals surface area (Å²) in [5.41, 5.74) is 1.95. The molecule has 2 atom stereocenters. The molecule has 18 heavy (non-hydrogen) atoms. The highest BCUT2D eigenvalue weighted by atomic mass is 15.0. The number of benzene rings is 1. The standard InChI is InChI=1S/C17H27N/c1-13(2)16(14-8-6-5-7-9-14)18-15-10-11-17(3,4)12-15/h5-9,13,15-16,18H,10-12H2,1-4H3. The number of rotatable bonds is 4. The van der Waals surface area contributed by atoms with E-state index < -0.39 is 0 Å². The van der Waals surface area contributed by atoms with E-state index in [-0.39, 0.29) is 0 Å². The monoisotopic (exact) mass is 245 g/mol. The smallest absolute Gasteiger partial charge is 0.0345 e. The third-order valence-electron chi connectivity index (χ3n) is 4.21. The van der Waals surface area contributed by atoms with Crippen LogP contribution >= 0.6 is 0 Å². The van der Waals surface area contributed by atoms with Crippen molar-refractivity contribution in [3.63, 3.8) is 0 Å². The Labute approximate surface area is 112 Å². The Bertz CT molecular complexity index is 366. The van der Waals surface area contributed by atoms with Crippen molar-refractivity contribution >= 4 is 0 Å². The lowest BCUT2D eigenvalue weighted by Gasteiger charge is -2.27. The molecule has 0 spiro atoms. The highest BCUT2D eigenvalue weighted by Crippen LogP contribution is 2.38. The molecule has 1 N–H and O–H groups in total. The van der Waals surface area contributed by atoms with Gasteiger partial charge in [-0.15, -0.1) is 0 Å². The Morgan fingerprint density at radius 3 is 2.33 bits per heavy atom. The summed E-state index contributed by atoms with van der Waals surface area (Å²) >= 11 is 0. The molecule has 1 fully saturated rings. The zero-order valence-electron chi connectivity index (χ0n) is 12.2. The first-order chi connectivity index (χ1) is 8.48. The van der Waals surface area contributed by atoms with Gasteiger partial charge in [-0.05, 0) is 36.2 Å². The van der Waals surface area contributed by atoms with Crippen LogP contribution in [0.4, 0.5) is 0 Å². The van der Waals surface area contributed by atoms with Crippen molar-refractivity contribution in [2.75, 3.05) is 0 Å². The van der Waals surface area contributed by atoms with Crippen LogP contribution < -0.4 is 5.32 Å². The maximum atomic E-state index is 3.89. The van der Waals surface area contributed by atoms with Gasteiger partial charge in [0.05, 0.1) is 0 Å².